The van der Waals surface area contributed by atoms with E-state index in [2.05, 4.69) is 16.6 Å². The molecule has 2 saturated heterocycles. The molecule has 6 nitrogen and oxygen atoms in total. The largest absolute Gasteiger partial charge is 0.325 e. The summed E-state index contributed by atoms with van der Waals surface area (Å²) in [5.41, 5.74) is 0.828. The molecule has 8 heteroatoms. The van der Waals surface area contributed by atoms with Crippen molar-refractivity contribution in [3.8, 4) is 11.8 Å². The van der Waals surface area contributed by atoms with Crippen LogP contribution in [0.2, 0.25) is 0 Å². The first-order valence-electron chi connectivity index (χ1n) is 10.6. The second kappa shape index (κ2) is 8.56. The molecule has 2 amide bonds. The highest BCUT2D eigenvalue weighted by Gasteiger charge is 2.41. The summed E-state index contributed by atoms with van der Waals surface area (Å²) in [7, 11) is -3.44. The molecule has 0 aromatic heterocycles. The third-order valence-corrected chi connectivity index (χ3v) is 7.04. The Balaban J connectivity index is 1.57. The van der Waals surface area contributed by atoms with Gasteiger partial charge in [0.2, 0.25) is 10.0 Å². The summed E-state index contributed by atoms with van der Waals surface area (Å²) in [6.45, 7) is 1.88. The molecular formula is C22H28FN3O3S. The molecule has 0 unspecified atom stereocenters. The van der Waals surface area contributed by atoms with Crippen LogP contribution in [0.15, 0.2) is 18.2 Å². The Labute approximate surface area is 177 Å². The van der Waals surface area contributed by atoms with Gasteiger partial charge in [0, 0.05) is 31.6 Å². The fourth-order valence-corrected chi connectivity index (χ4v) is 5.06. The van der Waals surface area contributed by atoms with Gasteiger partial charge < -0.3 is 9.80 Å². The number of likely N-dealkylation sites (tertiary alicyclic amines) is 2. The summed E-state index contributed by atoms with van der Waals surface area (Å²) < 4.78 is 41.5. The smallest absolute Gasteiger partial charge is 0.320 e. The first-order valence-corrected chi connectivity index (χ1v) is 12.5. The number of nitrogens with zero attached hydrogens (tertiary/aromatic N) is 2. The van der Waals surface area contributed by atoms with E-state index in [1.54, 1.807) is 28.0 Å². The van der Waals surface area contributed by atoms with Crippen LogP contribution in [0.3, 0.4) is 0 Å². The number of hydrogen-bond donors (Lipinski definition) is 1. The molecule has 30 heavy (non-hydrogen) atoms. The quantitative estimate of drug-likeness (QED) is 0.741. The van der Waals surface area contributed by atoms with E-state index in [1.807, 2.05) is 0 Å². The van der Waals surface area contributed by atoms with Gasteiger partial charge in [-0.05, 0) is 43.7 Å². The molecular weight excluding hydrogens is 405 g/mol. The lowest BCUT2D eigenvalue weighted by molar-refractivity contribution is 0.120. The summed E-state index contributed by atoms with van der Waals surface area (Å²) in [6.07, 6.45) is 6.18. The van der Waals surface area contributed by atoms with Crippen molar-refractivity contribution < 1.29 is 17.6 Å². The zero-order chi connectivity index (χ0) is 21.3. The average Bonchev–Trinajstić information content (AvgIpc) is 2.95. The number of carbonyl (C=O) groups excluding carboxylic acids is 1. The monoisotopic (exact) mass is 433 g/mol. The fraction of sp³-hybridized carbons (Fsp3) is 0.591. The van der Waals surface area contributed by atoms with Gasteiger partial charge in [-0.1, -0.05) is 30.4 Å². The normalized spacial score (nSPS) is 24.1. The number of halogens is 1. The molecule has 2 heterocycles. The number of hydrogen-bond acceptors (Lipinski definition) is 3. The van der Waals surface area contributed by atoms with Gasteiger partial charge in [0.25, 0.3) is 0 Å². The van der Waals surface area contributed by atoms with Crippen LogP contribution in [0.4, 0.5) is 9.18 Å². The summed E-state index contributed by atoms with van der Waals surface area (Å²) >= 11 is 0. The number of sulfonamides is 1. The van der Waals surface area contributed by atoms with Crippen LogP contribution in [-0.2, 0) is 16.4 Å². The average molecular weight is 434 g/mol. The fourth-order valence-electron chi connectivity index (χ4n) is 4.24. The lowest BCUT2D eigenvalue weighted by atomic mass is 9.86. The third-order valence-electron chi connectivity index (χ3n) is 6.31. The Hall–Kier alpha value is -2.11. The van der Waals surface area contributed by atoms with Crippen molar-refractivity contribution in [1.29, 1.82) is 0 Å². The van der Waals surface area contributed by atoms with E-state index >= 15 is 4.39 Å². The molecule has 1 aromatic carbocycles. The van der Waals surface area contributed by atoms with Gasteiger partial charge in [-0.3, -0.25) is 0 Å². The molecule has 2 aliphatic heterocycles. The van der Waals surface area contributed by atoms with E-state index in [0.29, 0.717) is 43.1 Å². The van der Waals surface area contributed by atoms with E-state index in [4.69, 9.17) is 0 Å². The van der Waals surface area contributed by atoms with Gasteiger partial charge >= 0.3 is 6.03 Å². The minimum Gasteiger partial charge on any atom is -0.325 e. The van der Waals surface area contributed by atoms with E-state index < -0.39 is 22.1 Å². The number of amides is 2. The minimum absolute atomic E-state index is 0.0922. The summed E-state index contributed by atoms with van der Waals surface area (Å²) in [5.74, 6) is 6.10. The van der Waals surface area contributed by atoms with Gasteiger partial charge in [-0.25, -0.2) is 22.3 Å². The molecule has 3 fully saturated rings. The van der Waals surface area contributed by atoms with Crippen LogP contribution < -0.4 is 4.72 Å². The molecule has 0 bridgehead atoms. The number of rotatable bonds is 4. The lowest BCUT2D eigenvalue weighted by Gasteiger charge is -2.37. The summed E-state index contributed by atoms with van der Waals surface area (Å²) in [4.78, 5) is 16.3. The van der Waals surface area contributed by atoms with Crippen LogP contribution >= 0.6 is 0 Å². The molecule has 4 rings (SSSR count). The summed E-state index contributed by atoms with van der Waals surface area (Å²) in [5, 5.41) is 0. The van der Waals surface area contributed by atoms with Crippen LogP contribution in [0.25, 0.3) is 0 Å². The predicted octanol–water partition coefficient (Wildman–Crippen LogP) is 2.34. The molecule has 1 saturated carbocycles. The highest BCUT2D eigenvalue weighted by atomic mass is 32.2. The topological polar surface area (TPSA) is 69.7 Å². The Morgan fingerprint density at radius 1 is 1.20 bits per heavy atom. The molecule has 3 aliphatic rings. The van der Waals surface area contributed by atoms with Crippen LogP contribution in [0.5, 0.6) is 0 Å². The van der Waals surface area contributed by atoms with Crippen molar-refractivity contribution in [1.82, 2.24) is 14.5 Å². The van der Waals surface area contributed by atoms with Crippen molar-refractivity contribution in [3.63, 3.8) is 0 Å². The lowest BCUT2D eigenvalue weighted by Crippen LogP contribution is -2.54. The minimum atomic E-state index is -3.44. The number of benzene rings is 1. The van der Waals surface area contributed by atoms with Gasteiger partial charge in [0.05, 0.1) is 17.9 Å². The standard InChI is InChI=1S/C22H28FN3O3S/c1-30(28,29)24-19-11-14-26(22(27)25-12-4-13-25)20(19)15-18-8-3-7-17(21(18)23)10-9-16-5-2-6-16/h3,7-8,16,19-20,24H,2,4-6,11-15H2,1H3/t19-,20-/m0/s1. The SMILES string of the molecule is CS(=O)(=O)N[C@H]1CCN(C(=O)N2CCC2)[C@H]1Cc1cccc(C#CC2CCC2)c1F. The Morgan fingerprint density at radius 2 is 1.97 bits per heavy atom. The second-order valence-electron chi connectivity index (χ2n) is 8.55. The first-order chi connectivity index (χ1) is 14.3. The maximum atomic E-state index is 15.2. The van der Waals surface area contributed by atoms with Gasteiger partial charge in [0.1, 0.15) is 5.82 Å². The second-order valence-corrected chi connectivity index (χ2v) is 10.3. The van der Waals surface area contributed by atoms with E-state index in [9.17, 15) is 13.2 Å². The zero-order valence-corrected chi connectivity index (χ0v) is 18.0. The van der Waals surface area contributed by atoms with E-state index in [0.717, 1.165) is 25.5 Å². The van der Waals surface area contributed by atoms with Crippen LogP contribution in [0.1, 0.15) is 43.2 Å². The third kappa shape index (κ3) is 4.62. The summed E-state index contributed by atoms with van der Waals surface area (Å²) in [6, 6.07) is 4.19. The molecule has 162 valence electrons. The zero-order valence-electron chi connectivity index (χ0n) is 17.2. The molecule has 2 atom stereocenters. The van der Waals surface area contributed by atoms with E-state index in [1.165, 1.54) is 6.42 Å². The molecule has 1 aromatic rings. The van der Waals surface area contributed by atoms with Crippen LogP contribution in [-0.4, -0.2) is 62.2 Å². The highest BCUT2D eigenvalue weighted by molar-refractivity contribution is 7.88. The van der Waals surface area contributed by atoms with Crippen LogP contribution in [0, 0.1) is 23.6 Å². The van der Waals surface area contributed by atoms with Crippen molar-refractivity contribution >= 4 is 16.1 Å². The Morgan fingerprint density at radius 3 is 2.57 bits per heavy atom. The van der Waals surface area contributed by atoms with Crippen molar-refractivity contribution in [2.45, 2.75) is 50.6 Å². The first kappa shape index (κ1) is 21.1. The van der Waals surface area contributed by atoms with Gasteiger partial charge in [0.15, 0.2) is 0 Å². The van der Waals surface area contributed by atoms with Gasteiger partial charge in [-0.2, -0.15) is 0 Å². The number of nitrogens with one attached hydrogen (secondary N) is 1. The molecule has 0 spiro atoms. The van der Waals surface area contributed by atoms with Crippen molar-refractivity contribution in [2.24, 2.45) is 5.92 Å². The molecule has 1 N–H and O–H groups in total. The van der Waals surface area contributed by atoms with Crippen molar-refractivity contribution in [2.75, 3.05) is 25.9 Å². The van der Waals surface area contributed by atoms with Crippen molar-refractivity contribution in [3.05, 3.63) is 35.1 Å². The molecule has 1 aliphatic carbocycles. The maximum absolute atomic E-state index is 15.2. The Bertz CT molecular complexity index is 977. The van der Waals surface area contributed by atoms with Gasteiger partial charge in [-0.15, -0.1) is 0 Å². The number of urea groups is 1. The predicted molar refractivity (Wildman–Crippen MR) is 113 cm³/mol. The Kier molecular flexibility index (Phi) is 6.03. The molecule has 0 radical (unpaired) electrons. The van der Waals surface area contributed by atoms with E-state index in [-0.39, 0.29) is 18.3 Å². The maximum Gasteiger partial charge on any atom is 0.320 e. The highest BCUT2D eigenvalue weighted by Crippen LogP contribution is 2.28. The number of carbonyl (C=O) groups is 1.